The van der Waals surface area contributed by atoms with Crippen LogP contribution in [-0.2, 0) is 13.1 Å². The van der Waals surface area contributed by atoms with E-state index in [-0.39, 0.29) is 25.0 Å². The summed E-state index contributed by atoms with van der Waals surface area (Å²) in [7, 11) is 1.57. The fraction of sp³-hybridized carbons (Fsp3) is 0.261. The Morgan fingerprint density at radius 2 is 1.68 bits per heavy atom. The summed E-state index contributed by atoms with van der Waals surface area (Å²) in [5.41, 5.74) is 6.57. The van der Waals surface area contributed by atoms with E-state index in [9.17, 15) is 14.0 Å². The number of nitrogens with zero attached hydrogens (tertiary/aromatic N) is 5. The Hall–Kier alpha value is -4.28. The van der Waals surface area contributed by atoms with E-state index in [1.54, 1.807) is 19.2 Å². The standard InChI is InChI=1S/C23H24FN7O3/c1-34-19-8-4-16(5-9-19)13-30-21(26-11-10-18-12-27-20(25)28-18)29-22(32)31(23(30)33)14-15-2-6-17(24)7-3-15/h2-9H,10-14H2,1H3,(H2,25,27)(H,26,29,32). The van der Waals surface area contributed by atoms with E-state index >= 15 is 0 Å². The van der Waals surface area contributed by atoms with Gasteiger partial charge in [0.1, 0.15) is 11.6 Å². The molecule has 1 aliphatic rings. The van der Waals surface area contributed by atoms with Gasteiger partial charge in [-0.15, -0.1) is 0 Å². The molecule has 3 N–H and O–H groups in total. The van der Waals surface area contributed by atoms with Gasteiger partial charge < -0.3 is 15.8 Å². The quantitative estimate of drug-likeness (QED) is 0.489. The van der Waals surface area contributed by atoms with Crippen molar-refractivity contribution in [1.82, 2.24) is 14.1 Å². The third-order valence-electron chi connectivity index (χ3n) is 5.30. The molecule has 0 atom stereocenters. The molecule has 1 aliphatic heterocycles. The third-order valence-corrected chi connectivity index (χ3v) is 5.30. The highest BCUT2D eigenvalue weighted by Crippen LogP contribution is 2.13. The Bertz CT molecular complexity index is 1340. The molecule has 176 valence electrons. The minimum absolute atomic E-state index is 0.0265. The summed E-state index contributed by atoms with van der Waals surface area (Å²) in [5.74, 6) is 0.680. The summed E-state index contributed by atoms with van der Waals surface area (Å²) < 4.78 is 20.9. The number of guanidine groups is 1. The van der Waals surface area contributed by atoms with Crippen LogP contribution in [0.4, 0.5) is 10.3 Å². The van der Waals surface area contributed by atoms with Crippen molar-refractivity contribution in [2.24, 2.45) is 15.7 Å². The monoisotopic (exact) mass is 465 g/mol. The highest BCUT2D eigenvalue weighted by molar-refractivity contribution is 6.02. The van der Waals surface area contributed by atoms with E-state index in [4.69, 9.17) is 10.5 Å². The Morgan fingerprint density at radius 1 is 1.03 bits per heavy atom. The minimum Gasteiger partial charge on any atom is -0.497 e. The van der Waals surface area contributed by atoms with Crippen molar-refractivity contribution in [3.05, 3.63) is 86.4 Å². The number of anilines is 1. The van der Waals surface area contributed by atoms with Crippen LogP contribution in [0.15, 0.2) is 68.1 Å². The molecule has 10 nitrogen and oxygen atoms in total. The summed E-state index contributed by atoms with van der Waals surface area (Å²) in [6, 6.07) is 12.9. The molecule has 2 aromatic carbocycles. The number of benzene rings is 2. The maximum Gasteiger partial charge on any atom is 0.355 e. The summed E-state index contributed by atoms with van der Waals surface area (Å²) in [6.45, 7) is 0.969. The van der Waals surface area contributed by atoms with Gasteiger partial charge in [-0.25, -0.2) is 28.5 Å². The van der Waals surface area contributed by atoms with Crippen LogP contribution < -0.4 is 27.2 Å². The molecule has 0 radical (unpaired) electrons. The molecule has 0 aliphatic carbocycles. The Kier molecular flexibility index (Phi) is 6.81. The van der Waals surface area contributed by atoms with Crippen LogP contribution in [0.5, 0.6) is 5.75 Å². The lowest BCUT2D eigenvalue weighted by atomic mass is 10.2. The van der Waals surface area contributed by atoms with Crippen LogP contribution in [0.25, 0.3) is 0 Å². The maximum absolute atomic E-state index is 13.4. The zero-order valence-corrected chi connectivity index (χ0v) is 18.6. The van der Waals surface area contributed by atoms with Crippen LogP contribution in [0, 0.1) is 5.82 Å². The number of hydrogen-bond donors (Lipinski definition) is 2. The number of aromatic nitrogens is 3. The number of hydrogen-bond acceptors (Lipinski definition) is 8. The van der Waals surface area contributed by atoms with Crippen LogP contribution in [0.3, 0.4) is 0 Å². The molecule has 4 rings (SSSR count). The molecule has 11 heteroatoms. The van der Waals surface area contributed by atoms with Crippen molar-refractivity contribution in [3.8, 4) is 5.75 Å². The second kappa shape index (κ2) is 10.1. The van der Waals surface area contributed by atoms with Crippen LogP contribution >= 0.6 is 0 Å². The Labute approximate surface area is 194 Å². The molecule has 0 saturated heterocycles. The molecule has 34 heavy (non-hydrogen) atoms. The highest BCUT2D eigenvalue weighted by Gasteiger charge is 2.15. The number of nitrogens with two attached hydrogens (primary N) is 1. The zero-order chi connectivity index (χ0) is 24.1. The van der Waals surface area contributed by atoms with Crippen molar-refractivity contribution in [3.63, 3.8) is 0 Å². The van der Waals surface area contributed by atoms with Gasteiger partial charge in [0.2, 0.25) is 11.9 Å². The van der Waals surface area contributed by atoms with Crippen molar-refractivity contribution in [2.45, 2.75) is 19.5 Å². The summed E-state index contributed by atoms with van der Waals surface area (Å²) in [6.07, 6.45) is 0.529. The minimum atomic E-state index is -0.700. The van der Waals surface area contributed by atoms with E-state index in [1.807, 2.05) is 12.1 Å². The summed E-state index contributed by atoms with van der Waals surface area (Å²) >= 11 is 0. The smallest absolute Gasteiger partial charge is 0.355 e. The van der Waals surface area contributed by atoms with Gasteiger partial charge in [0.05, 0.1) is 26.7 Å². The van der Waals surface area contributed by atoms with Crippen molar-refractivity contribution in [2.75, 3.05) is 25.5 Å². The topological polar surface area (TPSA) is 129 Å². The van der Waals surface area contributed by atoms with E-state index < -0.39 is 17.2 Å². The Morgan fingerprint density at radius 3 is 2.29 bits per heavy atom. The first-order valence-corrected chi connectivity index (χ1v) is 10.6. The maximum atomic E-state index is 13.4. The van der Waals surface area contributed by atoms with Gasteiger partial charge in [-0.05, 0) is 35.4 Å². The molecule has 0 amide bonds. The highest BCUT2D eigenvalue weighted by atomic mass is 19.1. The predicted octanol–water partition coefficient (Wildman–Crippen LogP) is 1.22. The molecular weight excluding hydrogens is 441 g/mol. The van der Waals surface area contributed by atoms with Gasteiger partial charge >= 0.3 is 11.4 Å². The number of halogens is 1. The van der Waals surface area contributed by atoms with Crippen LogP contribution in [-0.4, -0.2) is 46.0 Å². The molecule has 0 bridgehead atoms. The first-order chi connectivity index (χ1) is 16.4. The normalized spacial score (nSPS) is 12.9. The summed E-state index contributed by atoms with van der Waals surface area (Å²) in [5, 5.41) is 3.07. The zero-order valence-electron chi connectivity index (χ0n) is 18.6. The summed E-state index contributed by atoms with van der Waals surface area (Å²) in [4.78, 5) is 38.4. The van der Waals surface area contributed by atoms with Crippen molar-refractivity contribution >= 4 is 17.6 Å². The van der Waals surface area contributed by atoms with Gasteiger partial charge in [-0.3, -0.25) is 4.57 Å². The molecular formula is C23H24FN7O3. The lowest BCUT2D eigenvalue weighted by Crippen LogP contribution is -2.43. The van der Waals surface area contributed by atoms with Crippen molar-refractivity contribution < 1.29 is 9.13 Å². The average molecular weight is 465 g/mol. The number of methoxy groups -OCH3 is 1. The molecule has 0 fully saturated rings. The molecule has 0 saturated carbocycles. The van der Waals surface area contributed by atoms with Gasteiger partial charge in [-0.1, -0.05) is 24.3 Å². The average Bonchev–Trinajstić information content (AvgIpc) is 3.25. The van der Waals surface area contributed by atoms with Gasteiger partial charge in [0.25, 0.3) is 0 Å². The first kappa shape index (κ1) is 22.9. The second-order valence-electron chi connectivity index (χ2n) is 7.68. The molecule has 2 heterocycles. The molecule has 1 aromatic heterocycles. The molecule has 3 aromatic rings. The van der Waals surface area contributed by atoms with Gasteiger partial charge in [0, 0.05) is 18.7 Å². The fourth-order valence-corrected chi connectivity index (χ4v) is 3.49. The van der Waals surface area contributed by atoms with Gasteiger partial charge in [0.15, 0.2) is 0 Å². The number of rotatable bonds is 9. The number of aliphatic imine (C=N–C) groups is 2. The third kappa shape index (κ3) is 5.37. The SMILES string of the molecule is COc1ccc(Cn2c(NCCC3=NC(N)=NC3)nc(=O)n(Cc3ccc(F)cc3)c2=O)cc1. The number of ether oxygens (including phenoxy) is 1. The lowest BCUT2D eigenvalue weighted by Gasteiger charge is -2.16. The van der Waals surface area contributed by atoms with E-state index in [1.165, 1.54) is 28.8 Å². The Balaban J connectivity index is 1.64. The van der Waals surface area contributed by atoms with E-state index in [0.717, 1.165) is 15.8 Å². The van der Waals surface area contributed by atoms with E-state index in [2.05, 4.69) is 20.3 Å². The molecule has 0 unspecified atom stereocenters. The van der Waals surface area contributed by atoms with E-state index in [0.29, 0.717) is 30.8 Å². The van der Waals surface area contributed by atoms with Crippen molar-refractivity contribution in [1.29, 1.82) is 0 Å². The van der Waals surface area contributed by atoms with Gasteiger partial charge in [-0.2, -0.15) is 4.98 Å². The molecule has 0 spiro atoms. The second-order valence-corrected chi connectivity index (χ2v) is 7.68. The largest absolute Gasteiger partial charge is 0.497 e. The van der Waals surface area contributed by atoms with Crippen LogP contribution in [0.1, 0.15) is 17.5 Å². The number of nitrogens with one attached hydrogen (secondary N) is 1. The lowest BCUT2D eigenvalue weighted by molar-refractivity contribution is 0.414. The fourth-order valence-electron chi connectivity index (χ4n) is 3.49. The predicted molar refractivity (Wildman–Crippen MR) is 127 cm³/mol. The van der Waals surface area contributed by atoms with Crippen LogP contribution in [0.2, 0.25) is 0 Å². The first-order valence-electron chi connectivity index (χ1n) is 10.6.